The lowest BCUT2D eigenvalue weighted by atomic mass is 9.80. The van der Waals surface area contributed by atoms with E-state index in [1.165, 1.54) is 25.7 Å². The minimum Gasteiger partial charge on any atom is -0.508 e. The van der Waals surface area contributed by atoms with Gasteiger partial charge in [-0.3, -0.25) is 4.99 Å². The molecule has 0 amide bonds. The topological polar surface area (TPSA) is 65.9 Å². The number of hydrogen-bond donors (Lipinski definition) is 3. The van der Waals surface area contributed by atoms with Crippen LogP contribution in [0.25, 0.3) is 0 Å². The van der Waals surface area contributed by atoms with Gasteiger partial charge in [-0.1, -0.05) is 13.8 Å². The lowest BCUT2D eigenvalue weighted by molar-refractivity contribution is 0.250. The first-order valence-electron chi connectivity index (χ1n) is 8.86. The lowest BCUT2D eigenvalue weighted by Crippen LogP contribution is -2.44. The van der Waals surface area contributed by atoms with Gasteiger partial charge in [0.15, 0.2) is 5.96 Å². The molecule has 3 N–H and O–H groups in total. The van der Waals surface area contributed by atoms with Crippen molar-refractivity contribution < 1.29 is 9.84 Å². The number of aliphatic imine (C=N–C) groups is 1. The van der Waals surface area contributed by atoms with Crippen molar-refractivity contribution in [1.29, 1.82) is 0 Å². The second-order valence-corrected chi connectivity index (χ2v) is 6.92. The fourth-order valence-corrected chi connectivity index (χ4v) is 3.33. The molecule has 1 fully saturated rings. The first kappa shape index (κ1) is 18.4. The lowest BCUT2D eigenvalue weighted by Gasteiger charge is -2.32. The minimum atomic E-state index is 0.260. The van der Waals surface area contributed by atoms with Crippen LogP contribution in [0.2, 0.25) is 0 Å². The Balaban J connectivity index is 1.85. The van der Waals surface area contributed by atoms with Gasteiger partial charge in [0.1, 0.15) is 11.5 Å². The number of methoxy groups -OCH3 is 1. The molecule has 0 radical (unpaired) electrons. The molecular weight excluding hydrogens is 302 g/mol. The maximum absolute atomic E-state index is 9.96. The van der Waals surface area contributed by atoms with E-state index in [1.807, 2.05) is 6.07 Å². The number of hydrogen-bond acceptors (Lipinski definition) is 3. The molecule has 5 heteroatoms. The maximum atomic E-state index is 9.96. The highest BCUT2D eigenvalue weighted by molar-refractivity contribution is 5.80. The Morgan fingerprint density at radius 1 is 1.29 bits per heavy atom. The van der Waals surface area contributed by atoms with E-state index < -0.39 is 0 Å². The molecule has 0 spiro atoms. The van der Waals surface area contributed by atoms with Gasteiger partial charge >= 0.3 is 0 Å². The summed E-state index contributed by atoms with van der Waals surface area (Å²) < 4.78 is 5.21. The van der Waals surface area contributed by atoms with E-state index in [4.69, 9.17) is 4.74 Å². The predicted molar refractivity (Wildman–Crippen MR) is 98.6 cm³/mol. The van der Waals surface area contributed by atoms with Gasteiger partial charge in [-0.05, 0) is 55.7 Å². The van der Waals surface area contributed by atoms with E-state index in [9.17, 15) is 5.11 Å². The average Bonchev–Trinajstić information content (AvgIpc) is 2.60. The standard InChI is InChI=1S/C19H31N3O2/c1-13(2)14-5-7-16(8-6-14)22-19(20-3)21-12-15-11-17(24-4)9-10-18(15)23/h9-11,13-14,16,23H,5-8,12H2,1-4H3,(H2,20,21,22). The molecule has 0 aliphatic heterocycles. The van der Waals surface area contributed by atoms with Crippen LogP contribution in [0.5, 0.6) is 11.5 Å². The normalized spacial score (nSPS) is 21.6. The molecule has 0 heterocycles. The van der Waals surface area contributed by atoms with Crippen molar-refractivity contribution in [3.8, 4) is 11.5 Å². The SMILES string of the molecule is CN=C(NCc1cc(OC)ccc1O)NC1CCC(C(C)C)CC1. The molecule has 1 saturated carbocycles. The number of guanidine groups is 1. The summed E-state index contributed by atoms with van der Waals surface area (Å²) in [4.78, 5) is 4.31. The number of benzene rings is 1. The largest absolute Gasteiger partial charge is 0.508 e. The number of nitrogens with zero attached hydrogens (tertiary/aromatic N) is 1. The Bertz CT molecular complexity index is 550. The first-order valence-corrected chi connectivity index (χ1v) is 8.86. The monoisotopic (exact) mass is 333 g/mol. The fourth-order valence-electron chi connectivity index (χ4n) is 3.33. The summed E-state index contributed by atoms with van der Waals surface area (Å²) in [6.07, 6.45) is 4.94. The summed E-state index contributed by atoms with van der Waals surface area (Å²) >= 11 is 0. The van der Waals surface area contributed by atoms with Crippen LogP contribution in [0.1, 0.15) is 45.1 Å². The van der Waals surface area contributed by atoms with Gasteiger partial charge in [-0.15, -0.1) is 0 Å². The summed E-state index contributed by atoms with van der Waals surface area (Å²) in [7, 11) is 3.40. The predicted octanol–water partition coefficient (Wildman–Crippen LogP) is 3.28. The summed E-state index contributed by atoms with van der Waals surface area (Å²) in [5, 5.41) is 16.8. The zero-order valence-electron chi connectivity index (χ0n) is 15.3. The van der Waals surface area contributed by atoms with Crippen LogP contribution in [-0.4, -0.2) is 31.3 Å². The molecule has 0 atom stereocenters. The molecule has 1 aromatic carbocycles. The quantitative estimate of drug-likeness (QED) is 0.571. The molecule has 0 unspecified atom stereocenters. The molecule has 1 aliphatic carbocycles. The number of aromatic hydroxyl groups is 1. The van der Waals surface area contributed by atoms with Crippen LogP contribution in [-0.2, 0) is 6.54 Å². The van der Waals surface area contributed by atoms with E-state index in [0.29, 0.717) is 12.6 Å². The molecule has 0 aromatic heterocycles. The van der Waals surface area contributed by atoms with Crippen molar-refractivity contribution in [1.82, 2.24) is 10.6 Å². The molecule has 2 rings (SSSR count). The second kappa shape index (κ2) is 8.81. The van der Waals surface area contributed by atoms with Gasteiger partial charge in [0.2, 0.25) is 0 Å². The number of phenolic OH excluding ortho intramolecular Hbond substituents is 1. The Morgan fingerprint density at radius 3 is 2.58 bits per heavy atom. The van der Waals surface area contributed by atoms with E-state index in [-0.39, 0.29) is 5.75 Å². The van der Waals surface area contributed by atoms with Gasteiger partial charge < -0.3 is 20.5 Å². The number of nitrogens with one attached hydrogen (secondary N) is 2. The van der Waals surface area contributed by atoms with Crippen molar-refractivity contribution in [2.75, 3.05) is 14.2 Å². The molecule has 0 bridgehead atoms. The van der Waals surface area contributed by atoms with Crippen LogP contribution < -0.4 is 15.4 Å². The Labute approximate surface area is 145 Å². The first-order chi connectivity index (χ1) is 11.5. The summed E-state index contributed by atoms with van der Waals surface area (Å²) in [6, 6.07) is 5.71. The van der Waals surface area contributed by atoms with Gasteiger partial charge in [-0.2, -0.15) is 0 Å². The van der Waals surface area contributed by atoms with E-state index >= 15 is 0 Å². The highest BCUT2D eigenvalue weighted by atomic mass is 16.5. The molecule has 134 valence electrons. The van der Waals surface area contributed by atoms with E-state index in [1.54, 1.807) is 26.3 Å². The Kier molecular flexibility index (Phi) is 6.76. The van der Waals surface area contributed by atoms with Crippen LogP contribution in [0.3, 0.4) is 0 Å². The van der Waals surface area contributed by atoms with Crippen molar-refractivity contribution in [3.05, 3.63) is 23.8 Å². The zero-order valence-corrected chi connectivity index (χ0v) is 15.3. The molecule has 0 saturated heterocycles. The van der Waals surface area contributed by atoms with E-state index in [2.05, 4.69) is 29.5 Å². The Morgan fingerprint density at radius 2 is 2.00 bits per heavy atom. The second-order valence-electron chi connectivity index (χ2n) is 6.92. The van der Waals surface area contributed by atoms with E-state index in [0.717, 1.165) is 29.1 Å². The fraction of sp³-hybridized carbons (Fsp3) is 0.632. The van der Waals surface area contributed by atoms with Gasteiger partial charge in [-0.25, -0.2) is 0 Å². The molecule has 1 aliphatic rings. The summed E-state index contributed by atoms with van der Waals surface area (Å²) in [6.45, 7) is 5.14. The summed E-state index contributed by atoms with van der Waals surface area (Å²) in [5.41, 5.74) is 0.792. The smallest absolute Gasteiger partial charge is 0.191 e. The maximum Gasteiger partial charge on any atom is 0.191 e. The number of phenols is 1. The van der Waals surface area contributed by atoms with Gasteiger partial charge in [0, 0.05) is 25.2 Å². The third kappa shape index (κ3) is 5.05. The van der Waals surface area contributed by atoms with Gasteiger partial charge in [0.25, 0.3) is 0 Å². The third-order valence-electron chi connectivity index (χ3n) is 5.01. The Hall–Kier alpha value is -1.91. The number of rotatable bonds is 5. The highest BCUT2D eigenvalue weighted by Gasteiger charge is 2.23. The van der Waals surface area contributed by atoms with Crippen LogP contribution >= 0.6 is 0 Å². The third-order valence-corrected chi connectivity index (χ3v) is 5.01. The van der Waals surface area contributed by atoms with Crippen molar-refractivity contribution in [2.24, 2.45) is 16.8 Å². The molecular formula is C19H31N3O2. The van der Waals surface area contributed by atoms with Crippen molar-refractivity contribution in [2.45, 2.75) is 52.1 Å². The highest BCUT2D eigenvalue weighted by Crippen LogP contribution is 2.29. The zero-order chi connectivity index (χ0) is 17.5. The number of ether oxygens (including phenoxy) is 1. The molecule has 5 nitrogen and oxygen atoms in total. The van der Waals surface area contributed by atoms with Crippen LogP contribution in [0.15, 0.2) is 23.2 Å². The molecule has 1 aromatic rings. The average molecular weight is 333 g/mol. The molecule has 24 heavy (non-hydrogen) atoms. The summed E-state index contributed by atoms with van der Waals surface area (Å²) in [5.74, 6) is 3.41. The minimum absolute atomic E-state index is 0.260. The van der Waals surface area contributed by atoms with Gasteiger partial charge in [0.05, 0.1) is 7.11 Å². The van der Waals surface area contributed by atoms with Crippen molar-refractivity contribution >= 4 is 5.96 Å². The van der Waals surface area contributed by atoms with Crippen molar-refractivity contribution in [3.63, 3.8) is 0 Å². The van der Waals surface area contributed by atoms with Crippen LogP contribution in [0.4, 0.5) is 0 Å². The van der Waals surface area contributed by atoms with Crippen LogP contribution in [0, 0.1) is 11.8 Å².